The Morgan fingerprint density at radius 1 is 1.26 bits per heavy atom. The third-order valence-corrected chi connectivity index (χ3v) is 4.57. The molecule has 0 saturated carbocycles. The van der Waals surface area contributed by atoms with Crippen LogP contribution in [0, 0.1) is 0 Å². The summed E-state index contributed by atoms with van der Waals surface area (Å²) in [6, 6.07) is 11.7. The zero-order chi connectivity index (χ0) is 13.2. The van der Waals surface area contributed by atoms with Crippen LogP contribution in [0.1, 0.15) is 16.6 Å². The summed E-state index contributed by atoms with van der Waals surface area (Å²) in [7, 11) is 0. The molecular formula is C13H11BrN4S. The summed E-state index contributed by atoms with van der Waals surface area (Å²) in [6.07, 6.45) is 1.71. The molecule has 0 saturated heterocycles. The number of benzene rings is 1. The van der Waals surface area contributed by atoms with Gasteiger partial charge in [0, 0.05) is 14.7 Å². The number of nitrogens with zero attached hydrogens (tertiary/aromatic N) is 3. The summed E-state index contributed by atoms with van der Waals surface area (Å²) in [6.45, 7) is 0. The van der Waals surface area contributed by atoms with Gasteiger partial charge in [-0.2, -0.15) is 0 Å². The molecule has 0 fully saturated rings. The Hall–Kier alpha value is -1.50. The lowest BCUT2D eigenvalue weighted by atomic mass is 10.2. The average Bonchev–Trinajstić information content (AvgIpc) is 3.07. The van der Waals surface area contributed by atoms with E-state index in [-0.39, 0.29) is 6.04 Å². The minimum Gasteiger partial charge on any atom is -0.318 e. The van der Waals surface area contributed by atoms with Crippen molar-refractivity contribution in [3.63, 3.8) is 0 Å². The highest BCUT2D eigenvalue weighted by Crippen LogP contribution is 2.28. The number of hydrogen-bond acceptors (Lipinski definition) is 4. The van der Waals surface area contributed by atoms with Crippen molar-refractivity contribution in [3.8, 4) is 5.69 Å². The van der Waals surface area contributed by atoms with E-state index in [0.29, 0.717) is 0 Å². The third-order valence-electron chi connectivity index (χ3n) is 2.79. The van der Waals surface area contributed by atoms with Gasteiger partial charge in [0.2, 0.25) is 0 Å². The molecule has 6 heteroatoms. The molecule has 2 N–H and O–H groups in total. The van der Waals surface area contributed by atoms with E-state index in [2.05, 4.69) is 26.2 Å². The minimum absolute atomic E-state index is 0.230. The largest absolute Gasteiger partial charge is 0.318 e. The van der Waals surface area contributed by atoms with Crippen LogP contribution in [0.25, 0.3) is 5.69 Å². The molecule has 96 valence electrons. The smallest absolute Gasteiger partial charge is 0.0866 e. The highest BCUT2D eigenvalue weighted by Gasteiger charge is 2.17. The summed E-state index contributed by atoms with van der Waals surface area (Å²) in [5, 5.41) is 10.1. The fourth-order valence-corrected chi connectivity index (χ4v) is 3.32. The molecule has 1 atom stereocenters. The molecule has 0 bridgehead atoms. The van der Waals surface area contributed by atoms with Gasteiger partial charge in [-0.05, 0) is 34.1 Å². The zero-order valence-electron chi connectivity index (χ0n) is 9.90. The molecule has 19 heavy (non-hydrogen) atoms. The average molecular weight is 335 g/mol. The molecule has 4 nitrogen and oxygen atoms in total. The second-order valence-corrected chi connectivity index (χ2v) is 5.91. The lowest BCUT2D eigenvalue weighted by Gasteiger charge is -2.11. The fourth-order valence-electron chi connectivity index (χ4n) is 1.86. The van der Waals surface area contributed by atoms with Crippen LogP contribution < -0.4 is 5.73 Å². The molecule has 2 heterocycles. The summed E-state index contributed by atoms with van der Waals surface area (Å²) >= 11 is 5.06. The third kappa shape index (κ3) is 2.47. The van der Waals surface area contributed by atoms with Crippen LogP contribution in [-0.2, 0) is 0 Å². The summed E-state index contributed by atoms with van der Waals surface area (Å²) in [4.78, 5) is 1.08. The highest BCUT2D eigenvalue weighted by atomic mass is 79.9. The van der Waals surface area contributed by atoms with E-state index in [9.17, 15) is 0 Å². The Morgan fingerprint density at radius 2 is 2.05 bits per heavy atom. The first kappa shape index (κ1) is 12.5. The van der Waals surface area contributed by atoms with Gasteiger partial charge in [0.15, 0.2) is 0 Å². The Kier molecular flexibility index (Phi) is 3.46. The molecule has 1 unspecified atom stereocenters. The summed E-state index contributed by atoms with van der Waals surface area (Å²) in [5.74, 6) is 0. The maximum Gasteiger partial charge on any atom is 0.0866 e. The topological polar surface area (TPSA) is 56.7 Å². The highest BCUT2D eigenvalue weighted by molar-refractivity contribution is 9.10. The lowest BCUT2D eigenvalue weighted by Crippen LogP contribution is -2.15. The van der Waals surface area contributed by atoms with Crippen molar-refractivity contribution in [1.82, 2.24) is 15.0 Å². The van der Waals surface area contributed by atoms with Crippen molar-refractivity contribution in [2.45, 2.75) is 6.04 Å². The van der Waals surface area contributed by atoms with Gasteiger partial charge in [0.25, 0.3) is 0 Å². The molecule has 0 aliphatic carbocycles. The Morgan fingerprint density at radius 3 is 2.74 bits per heavy atom. The second-order valence-electron chi connectivity index (χ2n) is 4.05. The van der Waals surface area contributed by atoms with E-state index in [1.165, 1.54) is 0 Å². The first-order valence-corrected chi connectivity index (χ1v) is 7.38. The number of thiophene rings is 1. The molecule has 3 aromatic rings. The van der Waals surface area contributed by atoms with E-state index in [4.69, 9.17) is 5.73 Å². The number of halogens is 1. The van der Waals surface area contributed by atoms with Crippen molar-refractivity contribution in [2.24, 2.45) is 5.73 Å². The number of hydrogen-bond donors (Lipinski definition) is 1. The monoisotopic (exact) mass is 334 g/mol. The second kappa shape index (κ2) is 5.24. The van der Waals surface area contributed by atoms with Crippen molar-refractivity contribution in [2.75, 3.05) is 0 Å². The molecule has 2 aromatic heterocycles. The van der Waals surface area contributed by atoms with Gasteiger partial charge in [-0.15, -0.1) is 16.4 Å². The quantitative estimate of drug-likeness (QED) is 0.800. The molecular weight excluding hydrogens is 324 g/mol. The Bertz CT molecular complexity index is 677. The molecule has 0 radical (unpaired) electrons. The van der Waals surface area contributed by atoms with Crippen LogP contribution >= 0.6 is 27.3 Å². The minimum atomic E-state index is -0.230. The molecule has 0 spiro atoms. The van der Waals surface area contributed by atoms with E-state index in [1.54, 1.807) is 22.2 Å². The van der Waals surface area contributed by atoms with E-state index >= 15 is 0 Å². The van der Waals surface area contributed by atoms with E-state index in [1.807, 2.05) is 41.8 Å². The first-order valence-electron chi connectivity index (χ1n) is 5.71. The molecule has 1 aromatic carbocycles. The maximum atomic E-state index is 6.30. The lowest BCUT2D eigenvalue weighted by molar-refractivity contribution is 0.725. The van der Waals surface area contributed by atoms with Crippen molar-refractivity contribution in [3.05, 3.63) is 63.0 Å². The van der Waals surface area contributed by atoms with Gasteiger partial charge >= 0.3 is 0 Å². The van der Waals surface area contributed by atoms with Crippen molar-refractivity contribution >= 4 is 27.3 Å². The Labute approximate surface area is 123 Å². The fraction of sp³-hybridized carbons (Fsp3) is 0.0769. The number of aromatic nitrogens is 3. The predicted octanol–water partition coefficient (Wildman–Crippen LogP) is 3.14. The number of rotatable bonds is 3. The van der Waals surface area contributed by atoms with Gasteiger partial charge in [-0.3, -0.25) is 0 Å². The molecule has 0 aliphatic rings. The van der Waals surface area contributed by atoms with Crippen LogP contribution in [0.3, 0.4) is 0 Å². The van der Waals surface area contributed by atoms with E-state index in [0.717, 1.165) is 20.7 Å². The van der Waals surface area contributed by atoms with Gasteiger partial charge in [-0.1, -0.05) is 23.4 Å². The SMILES string of the molecule is NC(c1cc(Br)cs1)c1cnnn1-c1ccccc1. The predicted molar refractivity (Wildman–Crippen MR) is 79.4 cm³/mol. The normalized spacial score (nSPS) is 12.5. The number of nitrogens with two attached hydrogens (primary N) is 1. The van der Waals surface area contributed by atoms with Crippen LogP contribution in [0.5, 0.6) is 0 Å². The van der Waals surface area contributed by atoms with Gasteiger partial charge in [0.05, 0.1) is 23.6 Å². The molecule has 0 aliphatic heterocycles. The van der Waals surface area contributed by atoms with Crippen LogP contribution in [0.2, 0.25) is 0 Å². The Balaban J connectivity index is 2.01. The standard InChI is InChI=1S/C13H11BrN4S/c14-9-6-12(19-8-9)13(15)11-7-16-17-18(11)10-4-2-1-3-5-10/h1-8,13H,15H2. The maximum absolute atomic E-state index is 6.30. The van der Waals surface area contributed by atoms with Crippen LogP contribution in [-0.4, -0.2) is 15.0 Å². The van der Waals surface area contributed by atoms with Crippen LogP contribution in [0.4, 0.5) is 0 Å². The first-order chi connectivity index (χ1) is 9.25. The summed E-state index contributed by atoms with van der Waals surface area (Å²) in [5.41, 5.74) is 8.14. The zero-order valence-corrected chi connectivity index (χ0v) is 12.3. The summed E-state index contributed by atoms with van der Waals surface area (Å²) < 4.78 is 2.82. The molecule has 3 rings (SSSR count). The molecule has 0 amide bonds. The number of para-hydroxylation sites is 1. The van der Waals surface area contributed by atoms with E-state index < -0.39 is 0 Å². The van der Waals surface area contributed by atoms with Crippen molar-refractivity contribution < 1.29 is 0 Å². The van der Waals surface area contributed by atoms with Crippen LogP contribution in [0.15, 0.2) is 52.4 Å². The van der Waals surface area contributed by atoms with Crippen molar-refractivity contribution in [1.29, 1.82) is 0 Å². The van der Waals surface area contributed by atoms with Gasteiger partial charge in [-0.25, -0.2) is 4.68 Å². The van der Waals surface area contributed by atoms with Gasteiger partial charge < -0.3 is 5.73 Å². The van der Waals surface area contributed by atoms with Gasteiger partial charge in [0.1, 0.15) is 0 Å².